The number of anilines is 2. The summed E-state index contributed by atoms with van der Waals surface area (Å²) in [6.07, 6.45) is 10.4. The number of hydrogen-bond acceptors (Lipinski definition) is 6. The van der Waals surface area contributed by atoms with Crippen molar-refractivity contribution in [3.8, 4) is 11.5 Å². The van der Waals surface area contributed by atoms with E-state index in [4.69, 9.17) is 0 Å². The molecule has 2 aliphatic rings. The maximum atomic E-state index is 13.2. The van der Waals surface area contributed by atoms with Gasteiger partial charge in [0.15, 0.2) is 0 Å². The summed E-state index contributed by atoms with van der Waals surface area (Å²) in [5.41, 5.74) is 5.90. The first-order chi connectivity index (χ1) is 24.0. The number of rotatable bonds is 11. The van der Waals surface area contributed by atoms with Gasteiger partial charge in [-0.1, -0.05) is 80.6 Å². The fourth-order valence-corrected chi connectivity index (χ4v) is 6.16. The van der Waals surface area contributed by atoms with Crippen LogP contribution in [0.3, 0.4) is 0 Å². The Morgan fingerprint density at radius 1 is 0.680 bits per heavy atom. The van der Waals surface area contributed by atoms with Gasteiger partial charge in [0.25, 0.3) is 23.6 Å². The Morgan fingerprint density at radius 2 is 1.24 bits per heavy atom. The molecule has 0 saturated heterocycles. The zero-order valence-electron chi connectivity index (χ0n) is 27.8. The number of phenolic OH excluding ortho intramolecular Hbond substituents is 2. The Morgan fingerprint density at radius 3 is 1.80 bits per heavy atom. The van der Waals surface area contributed by atoms with E-state index in [0.717, 1.165) is 37.6 Å². The Balaban J connectivity index is 1.07. The molecule has 0 saturated carbocycles. The molecule has 0 radical (unpaired) electrons. The Kier molecular flexibility index (Phi) is 9.20. The van der Waals surface area contributed by atoms with Gasteiger partial charge in [-0.3, -0.25) is 19.2 Å². The van der Waals surface area contributed by atoms with Crippen LogP contribution in [-0.2, 0) is 37.4 Å². The molecule has 4 aromatic rings. The summed E-state index contributed by atoms with van der Waals surface area (Å²) in [4.78, 5) is 52.2. The lowest BCUT2D eigenvalue weighted by Gasteiger charge is -2.27. The predicted molar refractivity (Wildman–Crippen MR) is 194 cm³/mol. The van der Waals surface area contributed by atoms with Crippen LogP contribution < -0.4 is 9.80 Å². The number of hydrogen-bond donors (Lipinski definition) is 2. The molecule has 2 N–H and O–H groups in total. The van der Waals surface area contributed by atoms with Gasteiger partial charge in [0.1, 0.15) is 11.5 Å². The van der Waals surface area contributed by atoms with E-state index in [9.17, 15) is 29.4 Å². The zero-order chi connectivity index (χ0) is 35.6. The molecule has 50 heavy (non-hydrogen) atoms. The maximum absolute atomic E-state index is 13.2. The predicted octanol–water partition coefficient (Wildman–Crippen LogP) is 7.08. The summed E-state index contributed by atoms with van der Waals surface area (Å²) in [5, 5.41) is 21.3. The lowest BCUT2D eigenvalue weighted by Crippen LogP contribution is -2.30. The fourth-order valence-electron chi connectivity index (χ4n) is 6.16. The van der Waals surface area contributed by atoms with Crippen LogP contribution in [0.1, 0.15) is 53.6 Å². The number of allylic oxidation sites excluding steroid dienone is 2. The molecule has 0 aromatic heterocycles. The van der Waals surface area contributed by atoms with Gasteiger partial charge in [-0.05, 0) is 83.5 Å². The highest BCUT2D eigenvalue weighted by molar-refractivity contribution is 6.30. The van der Waals surface area contributed by atoms with Crippen LogP contribution in [-0.4, -0.2) is 33.8 Å². The Labute approximate surface area is 290 Å². The van der Waals surface area contributed by atoms with Crippen molar-refractivity contribution in [1.29, 1.82) is 0 Å². The van der Waals surface area contributed by atoms with Crippen molar-refractivity contribution in [3.63, 3.8) is 0 Å². The van der Waals surface area contributed by atoms with Crippen LogP contribution in [0.15, 0.2) is 127 Å². The van der Waals surface area contributed by atoms with Crippen molar-refractivity contribution >= 4 is 41.1 Å². The molecule has 4 amide bonds. The second kappa shape index (κ2) is 13.7. The van der Waals surface area contributed by atoms with Crippen LogP contribution in [0.25, 0.3) is 6.08 Å². The highest BCUT2D eigenvalue weighted by atomic mass is 16.3. The molecule has 0 fully saturated rings. The molecule has 2 heterocycles. The summed E-state index contributed by atoms with van der Waals surface area (Å²) in [6.45, 7) is 7.78. The van der Waals surface area contributed by atoms with Crippen molar-refractivity contribution in [2.45, 2.75) is 38.5 Å². The molecule has 0 atom stereocenters. The second-order valence-electron chi connectivity index (χ2n) is 12.8. The monoisotopic (exact) mass is 664 g/mol. The second-order valence-corrected chi connectivity index (χ2v) is 12.8. The molecular weight excluding hydrogens is 628 g/mol. The Hall–Kier alpha value is -6.28. The van der Waals surface area contributed by atoms with Crippen molar-refractivity contribution in [2.24, 2.45) is 0 Å². The summed E-state index contributed by atoms with van der Waals surface area (Å²) < 4.78 is 0. The highest BCUT2D eigenvalue weighted by Crippen LogP contribution is 2.37. The van der Waals surface area contributed by atoms with Gasteiger partial charge >= 0.3 is 0 Å². The van der Waals surface area contributed by atoms with Crippen molar-refractivity contribution in [3.05, 3.63) is 161 Å². The van der Waals surface area contributed by atoms with Gasteiger partial charge in [0, 0.05) is 34.8 Å². The number of carbonyl (C=O) groups excluding carboxylic acids is 4. The van der Waals surface area contributed by atoms with E-state index in [1.807, 2.05) is 56.3 Å². The molecular formula is C42H36N2O6. The maximum Gasteiger partial charge on any atom is 0.261 e. The minimum Gasteiger partial charge on any atom is -0.508 e. The lowest BCUT2D eigenvalue weighted by atomic mass is 9.77. The van der Waals surface area contributed by atoms with Gasteiger partial charge in [0.2, 0.25) is 0 Å². The molecule has 8 heteroatoms. The third kappa shape index (κ3) is 6.69. The number of amides is 4. The van der Waals surface area contributed by atoms with Gasteiger partial charge < -0.3 is 10.2 Å². The number of carbonyl (C=O) groups is 4. The molecule has 2 aliphatic heterocycles. The minimum absolute atomic E-state index is 0.0777. The molecule has 0 unspecified atom stereocenters. The van der Waals surface area contributed by atoms with E-state index in [-0.39, 0.29) is 29.7 Å². The minimum atomic E-state index is -0.491. The van der Waals surface area contributed by atoms with Crippen molar-refractivity contribution < 1.29 is 29.4 Å². The average Bonchev–Trinajstić information content (AvgIpc) is 3.58. The highest BCUT2D eigenvalue weighted by Gasteiger charge is 2.31. The molecule has 0 bridgehead atoms. The van der Waals surface area contributed by atoms with E-state index in [1.54, 1.807) is 60.7 Å². The topological polar surface area (TPSA) is 115 Å². The van der Waals surface area contributed by atoms with Gasteiger partial charge in [0.05, 0.1) is 11.4 Å². The third-order valence-electron chi connectivity index (χ3n) is 9.16. The first-order valence-electron chi connectivity index (χ1n) is 16.2. The van der Waals surface area contributed by atoms with E-state index in [2.05, 4.69) is 6.58 Å². The SMILES string of the molecule is C=CCc1ccc(C(C)(C)c2ccc(/C=C/CC3=CC(=O)N(c4ccc(Cc5ccc(N6C(=O)C=CC6=O)cc5)cc4)C3=O)c(O)c2)cc1O. The Bertz CT molecular complexity index is 2100. The van der Waals surface area contributed by atoms with Crippen LogP contribution >= 0.6 is 0 Å². The quantitative estimate of drug-likeness (QED) is 0.131. The number of benzene rings is 4. The zero-order valence-corrected chi connectivity index (χ0v) is 27.8. The largest absolute Gasteiger partial charge is 0.508 e. The average molecular weight is 665 g/mol. The van der Waals surface area contributed by atoms with Crippen molar-refractivity contribution in [2.75, 3.05) is 9.80 Å². The smallest absolute Gasteiger partial charge is 0.261 e. The normalized spacial score (nSPS) is 14.7. The van der Waals surface area contributed by atoms with Gasteiger partial charge in [-0.2, -0.15) is 0 Å². The summed E-state index contributed by atoms with van der Waals surface area (Å²) >= 11 is 0. The van der Waals surface area contributed by atoms with E-state index < -0.39 is 17.2 Å². The molecule has 0 spiro atoms. The van der Waals surface area contributed by atoms with Crippen LogP contribution in [0.2, 0.25) is 0 Å². The first kappa shape index (κ1) is 33.6. The summed E-state index contributed by atoms with van der Waals surface area (Å²) in [6, 6.07) is 25.4. The van der Waals surface area contributed by atoms with E-state index >= 15 is 0 Å². The standard InChI is InChI=1S/C42H36N2O6/c1-4-6-29-13-15-32(25-36(29)45)42(2,3)33-16-14-30(37(46)26-33)7-5-8-31-24-40(49)44(41(31)50)35-19-11-28(12-20-35)23-27-9-17-34(18-10-27)43-38(47)21-22-39(43)48/h4-5,7,9-22,24-26,45-46H,1,6,8,23H2,2-3H3/b7-5+. The first-order valence-corrected chi connectivity index (χ1v) is 16.2. The molecule has 0 aliphatic carbocycles. The van der Waals surface area contributed by atoms with Gasteiger partial charge in [-0.15, -0.1) is 6.58 Å². The van der Waals surface area contributed by atoms with Crippen LogP contribution in [0.4, 0.5) is 11.4 Å². The molecule has 4 aromatic carbocycles. The lowest BCUT2D eigenvalue weighted by molar-refractivity contribution is -0.121. The van der Waals surface area contributed by atoms with E-state index in [0.29, 0.717) is 35.4 Å². The van der Waals surface area contributed by atoms with E-state index in [1.165, 1.54) is 18.2 Å². The summed E-state index contributed by atoms with van der Waals surface area (Å²) in [7, 11) is 0. The number of aromatic hydroxyl groups is 2. The number of phenols is 2. The van der Waals surface area contributed by atoms with Gasteiger partial charge in [-0.25, -0.2) is 9.80 Å². The van der Waals surface area contributed by atoms with Crippen molar-refractivity contribution in [1.82, 2.24) is 0 Å². The van der Waals surface area contributed by atoms with Crippen LogP contribution in [0.5, 0.6) is 11.5 Å². The summed E-state index contributed by atoms with van der Waals surface area (Å²) in [5.74, 6) is -1.26. The number of nitrogens with zero attached hydrogens (tertiary/aromatic N) is 2. The van der Waals surface area contributed by atoms with Crippen LogP contribution in [0, 0.1) is 0 Å². The molecule has 6 rings (SSSR count). The fraction of sp³-hybridized carbons (Fsp3) is 0.143. The molecule has 250 valence electrons. The number of imide groups is 2. The third-order valence-corrected chi connectivity index (χ3v) is 9.16. The molecule has 8 nitrogen and oxygen atoms in total.